The van der Waals surface area contributed by atoms with E-state index >= 15 is 0 Å². The highest BCUT2D eigenvalue weighted by molar-refractivity contribution is 5.93. The summed E-state index contributed by atoms with van der Waals surface area (Å²) in [6, 6.07) is 51.5. The van der Waals surface area contributed by atoms with E-state index in [0.29, 0.717) is 0 Å². The van der Waals surface area contributed by atoms with Crippen LogP contribution in [0.5, 0.6) is 0 Å². The van der Waals surface area contributed by atoms with Gasteiger partial charge in [-0.25, -0.2) is 0 Å². The first-order valence-electron chi connectivity index (χ1n) is 15.3. The van der Waals surface area contributed by atoms with E-state index in [1.54, 1.807) is 0 Å². The molecule has 0 aromatic heterocycles. The van der Waals surface area contributed by atoms with Gasteiger partial charge in [-0.2, -0.15) is 0 Å². The fraction of sp³-hybridized carbons (Fsp3) is 0.143. The summed E-state index contributed by atoms with van der Waals surface area (Å²) in [5.41, 5.74) is 16.7. The summed E-state index contributed by atoms with van der Waals surface area (Å²) in [6.45, 7) is 9.45. The molecule has 2 aliphatic rings. The molecular formula is C42H35N. The van der Waals surface area contributed by atoms with Crippen LogP contribution in [0.4, 0.5) is 17.1 Å². The summed E-state index contributed by atoms with van der Waals surface area (Å²) in [5.74, 6) is 0. The molecule has 0 saturated heterocycles. The molecule has 0 amide bonds. The topological polar surface area (TPSA) is 3.24 Å². The van der Waals surface area contributed by atoms with Gasteiger partial charge >= 0.3 is 0 Å². The summed E-state index contributed by atoms with van der Waals surface area (Å²) in [5, 5.41) is 0. The van der Waals surface area contributed by atoms with Gasteiger partial charge in [-0.05, 0) is 86.0 Å². The Morgan fingerprint density at radius 1 is 0.395 bits per heavy atom. The molecule has 2 aliphatic carbocycles. The van der Waals surface area contributed by atoms with Crippen molar-refractivity contribution in [3.05, 3.63) is 162 Å². The van der Waals surface area contributed by atoms with Gasteiger partial charge in [0.2, 0.25) is 0 Å². The average molecular weight is 554 g/mol. The highest BCUT2D eigenvalue weighted by Gasteiger charge is 2.39. The molecule has 0 fully saturated rings. The zero-order chi connectivity index (χ0) is 29.3. The SMILES string of the molecule is CC1(C)c2ccccc2-c2cc(N(c3cccc(-c4ccccc4)c3)c3cccc4c3C(C)(C)c3ccccc3-4)ccc21. The summed E-state index contributed by atoms with van der Waals surface area (Å²) in [4.78, 5) is 2.49. The van der Waals surface area contributed by atoms with Gasteiger partial charge in [0.25, 0.3) is 0 Å². The van der Waals surface area contributed by atoms with E-state index in [2.05, 4.69) is 172 Å². The van der Waals surface area contributed by atoms with Crippen LogP contribution in [0.3, 0.4) is 0 Å². The van der Waals surface area contributed by atoms with Crippen molar-refractivity contribution in [2.75, 3.05) is 4.90 Å². The molecule has 6 aromatic rings. The van der Waals surface area contributed by atoms with Crippen molar-refractivity contribution in [1.29, 1.82) is 0 Å². The zero-order valence-electron chi connectivity index (χ0n) is 25.2. The van der Waals surface area contributed by atoms with Crippen LogP contribution < -0.4 is 4.90 Å². The zero-order valence-corrected chi connectivity index (χ0v) is 25.2. The quantitative estimate of drug-likeness (QED) is 0.210. The maximum absolute atomic E-state index is 2.49. The predicted octanol–water partition coefficient (Wildman–Crippen LogP) is 11.4. The Bertz CT molecular complexity index is 2030. The second-order valence-corrected chi connectivity index (χ2v) is 13.0. The van der Waals surface area contributed by atoms with Gasteiger partial charge in [0, 0.05) is 22.2 Å². The minimum absolute atomic E-state index is 0.0276. The number of benzene rings is 6. The van der Waals surface area contributed by atoms with E-state index in [1.807, 2.05) is 0 Å². The Labute approximate surface area is 255 Å². The molecule has 0 spiro atoms. The van der Waals surface area contributed by atoms with Crippen LogP contribution in [-0.4, -0.2) is 0 Å². The van der Waals surface area contributed by atoms with Crippen LogP contribution in [-0.2, 0) is 10.8 Å². The van der Waals surface area contributed by atoms with E-state index in [0.717, 1.165) is 5.69 Å². The molecule has 208 valence electrons. The fourth-order valence-electron chi connectivity index (χ4n) is 7.74. The molecule has 6 aromatic carbocycles. The molecule has 0 bridgehead atoms. The number of hydrogen-bond acceptors (Lipinski definition) is 1. The summed E-state index contributed by atoms with van der Waals surface area (Å²) in [6.07, 6.45) is 0. The third kappa shape index (κ3) is 3.78. The highest BCUT2D eigenvalue weighted by Crippen LogP contribution is 2.55. The van der Waals surface area contributed by atoms with E-state index < -0.39 is 0 Å². The van der Waals surface area contributed by atoms with Crippen molar-refractivity contribution in [1.82, 2.24) is 0 Å². The number of fused-ring (bicyclic) bond motifs is 6. The van der Waals surface area contributed by atoms with Gasteiger partial charge in [0.15, 0.2) is 0 Å². The summed E-state index contributed by atoms with van der Waals surface area (Å²) >= 11 is 0. The van der Waals surface area contributed by atoms with Crippen LogP contribution in [0.2, 0.25) is 0 Å². The van der Waals surface area contributed by atoms with Crippen LogP contribution in [0, 0.1) is 0 Å². The Hall–Kier alpha value is -4.88. The normalized spacial score (nSPS) is 14.9. The second kappa shape index (κ2) is 9.31. The van der Waals surface area contributed by atoms with Gasteiger partial charge in [0.1, 0.15) is 0 Å². The first kappa shape index (κ1) is 25.8. The van der Waals surface area contributed by atoms with E-state index in [-0.39, 0.29) is 10.8 Å². The molecule has 1 heteroatoms. The van der Waals surface area contributed by atoms with Gasteiger partial charge in [-0.15, -0.1) is 0 Å². The third-order valence-electron chi connectivity index (χ3n) is 9.84. The molecule has 0 aliphatic heterocycles. The Morgan fingerprint density at radius 2 is 0.953 bits per heavy atom. The van der Waals surface area contributed by atoms with Crippen molar-refractivity contribution in [3.8, 4) is 33.4 Å². The van der Waals surface area contributed by atoms with E-state index in [9.17, 15) is 0 Å². The summed E-state index contributed by atoms with van der Waals surface area (Å²) in [7, 11) is 0. The lowest BCUT2D eigenvalue weighted by molar-refractivity contribution is 0.660. The van der Waals surface area contributed by atoms with Crippen molar-refractivity contribution < 1.29 is 0 Å². The minimum atomic E-state index is -0.136. The molecule has 43 heavy (non-hydrogen) atoms. The first-order valence-corrected chi connectivity index (χ1v) is 15.3. The Balaban J connectivity index is 1.39. The Morgan fingerprint density at radius 3 is 1.72 bits per heavy atom. The monoisotopic (exact) mass is 553 g/mol. The van der Waals surface area contributed by atoms with Crippen molar-refractivity contribution in [3.63, 3.8) is 0 Å². The fourth-order valence-corrected chi connectivity index (χ4v) is 7.74. The van der Waals surface area contributed by atoms with Gasteiger partial charge in [-0.1, -0.05) is 137 Å². The van der Waals surface area contributed by atoms with Crippen LogP contribution in [0.1, 0.15) is 49.9 Å². The number of rotatable bonds is 4. The molecule has 8 rings (SSSR count). The minimum Gasteiger partial charge on any atom is -0.310 e. The average Bonchev–Trinajstić information content (AvgIpc) is 3.42. The maximum atomic E-state index is 2.49. The molecule has 0 radical (unpaired) electrons. The number of nitrogens with zero attached hydrogens (tertiary/aromatic N) is 1. The van der Waals surface area contributed by atoms with Crippen molar-refractivity contribution in [2.45, 2.75) is 38.5 Å². The second-order valence-electron chi connectivity index (χ2n) is 13.0. The largest absolute Gasteiger partial charge is 0.310 e. The predicted molar refractivity (Wildman–Crippen MR) is 182 cm³/mol. The molecule has 0 unspecified atom stereocenters. The van der Waals surface area contributed by atoms with E-state index in [1.165, 1.54) is 67.0 Å². The molecule has 1 nitrogen and oxygen atoms in total. The van der Waals surface area contributed by atoms with Crippen molar-refractivity contribution in [2.24, 2.45) is 0 Å². The smallest absolute Gasteiger partial charge is 0.0508 e. The lowest BCUT2D eigenvalue weighted by Gasteiger charge is -2.33. The van der Waals surface area contributed by atoms with Gasteiger partial charge in [0.05, 0.1) is 5.69 Å². The molecule has 0 atom stereocenters. The number of anilines is 3. The van der Waals surface area contributed by atoms with Crippen LogP contribution in [0.15, 0.2) is 140 Å². The lowest BCUT2D eigenvalue weighted by Crippen LogP contribution is -2.21. The molecule has 0 heterocycles. The standard InChI is InChI=1S/C42H35N/c1-41(2)36-21-10-9-19-33(36)35-27-31(24-25-38(35)41)43(30-17-12-16-29(26-30)28-14-6-5-7-15-28)39-23-13-20-34-32-18-8-11-22-37(32)42(3,4)40(34)39/h5-27H,1-4H3. The maximum Gasteiger partial charge on any atom is 0.0508 e. The summed E-state index contributed by atoms with van der Waals surface area (Å²) < 4.78 is 0. The van der Waals surface area contributed by atoms with Gasteiger partial charge < -0.3 is 4.90 Å². The van der Waals surface area contributed by atoms with E-state index in [4.69, 9.17) is 0 Å². The van der Waals surface area contributed by atoms with Crippen LogP contribution in [0.25, 0.3) is 33.4 Å². The molecular weight excluding hydrogens is 518 g/mol. The van der Waals surface area contributed by atoms with Crippen molar-refractivity contribution >= 4 is 17.1 Å². The number of hydrogen-bond donors (Lipinski definition) is 0. The first-order chi connectivity index (χ1) is 20.9. The lowest BCUT2D eigenvalue weighted by atomic mass is 9.81. The third-order valence-corrected chi connectivity index (χ3v) is 9.84. The molecule has 0 saturated carbocycles. The highest BCUT2D eigenvalue weighted by atomic mass is 15.1. The van der Waals surface area contributed by atoms with Gasteiger partial charge in [-0.3, -0.25) is 0 Å². The van der Waals surface area contributed by atoms with Crippen LogP contribution >= 0.6 is 0 Å². The Kier molecular flexibility index (Phi) is 5.59. The molecule has 0 N–H and O–H groups in total.